The van der Waals surface area contributed by atoms with Crippen molar-refractivity contribution >= 4 is 27.6 Å². The number of furan rings is 1. The maximum Gasteiger partial charge on any atom is 0.224 e. The monoisotopic (exact) mass is 345 g/mol. The van der Waals surface area contributed by atoms with E-state index in [1.165, 1.54) is 0 Å². The zero-order valence-corrected chi connectivity index (χ0v) is 14.3. The van der Waals surface area contributed by atoms with Crippen molar-refractivity contribution in [3.8, 4) is 5.75 Å². The van der Waals surface area contributed by atoms with Crippen molar-refractivity contribution in [1.82, 2.24) is 5.32 Å². The van der Waals surface area contributed by atoms with Crippen molar-refractivity contribution in [3.05, 3.63) is 78.6 Å². The van der Waals surface area contributed by atoms with Crippen LogP contribution in [0.2, 0.25) is 0 Å². The normalized spacial score (nSPS) is 10.9. The van der Waals surface area contributed by atoms with E-state index in [-0.39, 0.29) is 12.3 Å². The summed E-state index contributed by atoms with van der Waals surface area (Å²) in [7, 11) is 0. The average Bonchev–Trinajstić information content (AvgIpc) is 3.09. The fourth-order valence-electron chi connectivity index (χ4n) is 3.12. The van der Waals surface area contributed by atoms with Gasteiger partial charge >= 0.3 is 0 Å². The Hall–Kier alpha value is -3.27. The fourth-order valence-corrected chi connectivity index (χ4v) is 3.12. The summed E-state index contributed by atoms with van der Waals surface area (Å²) in [5.74, 6) is 0.756. The van der Waals surface area contributed by atoms with Gasteiger partial charge in [0.15, 0.2) is 0 Å². The van der Waals surface area contributed by atoms with E-state index in [1.54, 1.807) is 6.26 Å². The number of rotatable bonds is 6. The lowest BCUT2D eigenvalue weighted by Crippen LogP contribution is -2.29. The van der Waals surface area contributed by atoms with E-state index in [9.17, 15) is 4.79 Å². The molecule has 130 valence electrons. The van der Waals surface area contributed by atoms with Gasteiger partial charge in [0.2, 0.25) is 5.91 Å². The molecule has 4 heteroatoms. The van der Waals surface area contributed by atoms with Crippen LogP contribution in [0.5, 0.6) is 5.75 Å². The van der Waals surface area contributed by atoms with Crippen LogP contribution in [0.3, 0.4) is 0 Å². The number of nitrogens with one attached hydrogen (secondary N) is 1. The Bertz CT molecular complexity index is 1040. The first-order chi connectivity index (χ1) is 12.8. The number of ether oxygens (including phenoxy) is 1. The summed E-state index contributed by atoms with van der Waals surface area (Å²) in [6.45, 7) is 0.898. The highest BCUT2D eigenvalue weighted by Gasteiger charge is 2.13. The standard InChI is InChI=1S/C22H19NO3/c24-21(23-12-13-25-18-7-2-1-3-8-18)14-17-15-26-20-11-10-16-6-4-5-9-19(16)22(17)20/h1-11,15H,12-14H2,(H,23,24). The van der Waals surface area contributed by atoms with Crippen LogP contribution in [0.25, 0.3) is 21.7 Å². The lowest BCUT2D eigenvalue weighted by molar-refractivity contribution is -0.120. The minimum absolute atomic E-state index is 0.0442. The number of hydrogen-bond donors (Lipinski definition) is 1. The van der Waals surface area contributed by atoms with Gasteiger partial charge in [0.25, 0.3) is 0 Å². The van der Waals surface area contributed by atoms with Crippen LogP contribution in [0.15, 0.2) is 77.4 Å². The van der Waals surface area contributed by atoms with Crippen molar-refractivity contribution < 1.29 is 13.9 Å². The van der Waals surface area contributed by atoms with Gasteiger partial charge in [-0.2, -0.15) is 0 Å². The summed E-state index contributed by atoms with van der Waals surface area (Å²) >= 11 is 0. The number of carbonyl (C=O) groups excluding carboxylic acids is 1. The van der Waals surface area contributed by atoms with E-state index in [1.807, 2.05) is 54.6 Å². The van der Waals surface area contributed by atoms with Crippen LogP contribution in [0.1, 0.15) is 5.56 Å². The third-order valence-corrected chi connectivity index (χ3v) is 4.33. The molecular weight excluding hydrogens is 326 g/mol. The molecule has 0 bridgehead atoms. The zero-order valence-electron chi connectivity index (χ0n) is 14.3. The van der Waals surface area contributed by atoms with Crippen LogP contribution < -0.4 is 10.1 Å². The van der Waals surface area contributed by atoms with Crippen LogP contribution in [0, 0.1) is 0 Å². The lowest BCUT2D eigenvalue weighted by Gasteiger charge is -2.07. The highest BCUT2D eigenvalue weighted by atomic mass is 16.5. The maximum atomic E-state index is 12.3. The largest absolute Gasteiger partial charge is 0.492 e. The Labute approximate surface area is 151 Å². The van der Waals surface area contributed by atoms with Gasteiger partial charge in [0.05, 0.1) is 19.2 Å². The van der Waals surface area contributed by atoms with Gasteiger partial charge in [-0.25, -0.2) is 0 Å². The number of para-hydroxylation sites is 1. The van der Waals surface area contributed by atoms with Crippen molar-refractivity contribution in [2.75, 3.05) is 13.2 Å². The van der Waals surface area contributed by atoms with E-state index in [0.29, 0.717) is 13.2 Å². The van der Waals surface area contributed by atoms with Gasteiger partial charge in [-0.05, 0) is 29.0 Å². The zero-order chi connectivity index (χ0) is 17.8. The molecule has 0 aliphatic carbocycles. The Balaban J connectivity index is 1.41. The second-order valence-electron chi connectivity index (χ2n) is 6.11. The van der Waals surface area contributed by atoms with E-state index in [4.69, 9.17) is 9.15 Å². The molecule has 0 spiro atoms. The topological polar surface area (TPSA) is 51.5 Å². The molecule has 4 aromatic rings. The average molecular weight is 345 g/mol. The molecule has 0 atom stereocenters. The fraction of sp³-hybridized carbons (Fsp3) is 0.136. The molecule has 1 amide bonds. The third-order valence-electron chi connectivity index (χ3n) is 4.33. The van der Waals surface area contributed by atoms with Gasteiger partial charge in [0, 0.05) is 10.9 Å². The van der Waals surface area contributed by atoms with Crippen LogP contribution in [-0.2, 0) is 11.2 Å². The second-order valence-corrected chi connectivity index (χ2v) is 6.11. The predicted octanol–water partition coefficient (Wildman–Crippen LogP) is 4.32. The quantitative estimate of drug-likeness (QED) is 0.529. The van der Waals surface area contributed by atoms with E-state index in [0.717, 1.165) is 33.1 Å². The van der Waals surface area contributed by atoms with Gasteiger partial charge in [-0.15, -0.1) is 0 Å². The molecule has 0 saturated heterocycles. The highest BCUT2D eigenvalue weighted by Crippen LogP contribution is 2.30. The summed E-state index contributed by atoms with van der Waals surface area (Å²) in [6, 6.07) is 21.7. The molecule has 0 unspecified atom stereocenters. The number of benzene rings is 3. The second kappa shape index (κ2) is 7.31. The number of amides is 1. The Morgan fingerprint density at radius 2 is 1.77 bits per heavy atom. The van der Waals surface area contributed by atoms with E-state index < -0.39 is 0 Å². The third kappa shape index (κ3) is 3.40. The van der Waals surface area contributed by atoms with Gasteiger partial charge in [0.1, 0.15) is 17.9 Å². The molecule has 26 heavy (non-hydrogen) atoms. The summed E-state index contributed by atoms with van der Waals surface area (Å²) in [5, 5.41) is 6.15. The first kappa shape index (κ1) is 16.2. The minimum Gasteiger partial charge on any atom is -0.492 e. The number of hydrogen-bond acceptors (Lipinski definition) is 3. The maximum absolute atomic E-state index is 12.3. The Morgan fingerprint density at radius 3 is 2.65 bits per heavy atom. The molecule has 1 aromatic heterocycles. The number of carbonyl (C=O) groups is 1. The van der Waals surface area contributed by atoms with Crippen LogP contribution in [0.4, 0.5) is 0 Å². The SMILES string of the molecule is O=C(Cc1coc2ccc3ccccc3c12)NCCOc1ccccc1. The van der Waals surface area contributed by atoms with Crippen LogP contribution in [-0.4, -0.2) is 19.1 Å². The molecule has 0 aliphatic rings. The first-order valence-corrected chi connectivity index (χ1v) is 8.63. The van der Waals surface area contributed by atoms with Crippen molar-refractivity contribution in [2.24, 2.45) is 0 Å². The predicted molar refractivity (Wildman–Crippen MR) is 102 cm³/mol. The van der Waals surface area contributed by atoms with E-state index >= 15 is 0 Å². The molecule has 1 heterocycles. The smallest absolute Gasteiger partial charge is 0.224 e. The molecule has 0 saturated carbocycles. The Morgan fingerprint density at radius 1 is 0.962 bits per heavy atom. The van der Waals surface area contributed by atoms with Gasteiger partial charge < -0.3 is 14.5 Å². The molecule has 4 rings (SSSR count). The summed E-state index contributed by atoms with van der Waals surface area (Å²) in [5.41, 5.74) is 1.71. The summed E-state index contributed by atoms with van der Waals surface area (Å²) < 4.78 is 11.2. The van der Waals surface area contributed by atoms with Gasteiger partial charge in [-0.1, -0.05) is 48.5 Å². The van der Waals surface area contributed by atoms with E-state index in [2.05, 4.69) is 17.4 Å². The molecule has 4 nitrogen and oxygen atoms in total. The molecule has 3 aromatic carbocycles. The van der Waals surface area contributed by atoms with Crippen molar-refractivity contribution in [2.45, 2.75) is 6.42 Å². The van der Waals surface area contributed by atoms with Crippen LogP contribution >= 0.6 is 0 Å². The molecule has 1 N–H and O–H groups in total. The molecule has 0 aliphatic heterocycles. The first-order valence-electron chi connectivity index (χ1n) is 8.63. The number of fused-ring (bicyclic) bond motifs is 3. The van der Waals surface area contributed by atoms with Gasteiger partial charge in [-0.3, -0.25) is 4.79 Å². The van der Waals surface area contributed by atoms with Crippen molar-refractivity contribution in [3.63, 3.8) is 0 Å². The highest BCUT2D eigenvalue weighted by molar-refractivity contribution is 6.08. The Kier molecular flexibility index (Phi) is 4.56. The minimum atomic E-state index is -0.0442. The lowest BCUT2D eigenvalue weighted by atomic mass is 10.0. The van der Waals surface area contributed by atoms with Crippen molar-refractivity contribution in [1.29, 1.82) is 0 Å². The molecule has 0 radical (unpaired) electrons. The summed E-state index contributed by atoms with van der Waals surface area (Å²) in [6.07, 6.45) is 1.96. The molecular formula is C22H19NO3. The summed E-state index contributed by atoms with van der Waals surface area (Å²) in [4.78, 5) is 12.3. The molecule has 0 fully saturated rings.